The Balaban J connectivity index is 1.89. The fraction of sp³-hybridized carbons (Fsp3) is 0.381. The van der Waals surface area contributed by atoms with Gasteiger partial charge in [0.15, 0.2) is 0 Å². The van der Waals surface area contributed by atoms with Gasteiger partial charge in [0.05, 0.1) is 29.7 Å². The molecule has 3 aromatic rings. The van der Waals surface area contributed by atoms with E-state index in [4.69, 9.17) is 4.74 Å². The molecule has 0 aliphatic heterocycles. The van der Waals surface area contributed by atoms with Gasteiger partial charge in [0.2, 0.25) is 5.91 Å². The standard InChI is InChI=1S/C21H26N4O3S/c1-6-28-21(27)19-13(2)14(3)29-20(19)23-18(26)12-25-16-10-8-7-9-15(16)22-17(25)11-24(4)5/h7-10H,6,11-12H2,1-5H3,(H,23,26). The number of amides is 1. The van der Waals surface area contributed by atoms with Crippen LogP contribution in [0.5, 0.6) is 0 Å². The van der Waals surface area contributed by atoms with Crippen molar-refractivity contribution in [1.82, 2.24) is 14.5 Å². The van der Waals surface area contributed by atoms with E-state index < -0.39 is 5.97 Å². The number of imidazole rings is 1. The predicted octanol–water partition coefficient (Wildman–Crippen LogP) is 3.59. The van der Waals surface area contributed by atoms with Crippen molar-refractivity contribution in [2.45, 2.75) is 33.9 Å². The molecule has 154 valence electrons. The summed E-state index contributed by atoms with van der Waals surface area (Å²) >= 11 is 1.39. The second-order valence-corrected chi connectivity index (χ2v) is 8.32. The van der Waals surface area contributed by atoms with E-state index >= 15 is 0 Å². The summed E-state index contributed by atoms with van der Waals surface area (Å²) in [6, 6.07) is 7.76. The minimum Gasteiger partial charge on any atom is -0.462 e. The molecule has 8 heteroatoms. The number of carbonyl (C=O) groups excluding carboxylic acids is 2. The van der Waals surface area contributed by atoms with E-state index in [1.165, 1.54) is 11.3 Å². The maximum absolute atomic E-state index is 12.9. The summed E-state index contributed by atoms with van der Waals surface area (Å²) in [5.41, 5.74) is 3.03. The number of thiophene rings is 1. The molecule has 29 heavy (non-hydrogen) atoms. The maximum atomic E-state index is 12.9. The molecule has 7 nitrogen and oxygen atoms in total. The number of esters is 1. The van der Waals surface area contributed by atoms with Gasteiger partial charge in [0.1, 0.15) is 17.4 Å². The molecule has 0 radical (unpaired) electrons. The van der Waals surface area contributed by atoms with Gasteiger partial charge < -0.3 is 19.5 Å². The topological polar surface area (TPSA) is 76.5 Å². The largest absolute Gasteiger partial charge is 0.462 e. The van der Waals surface area contributed by atoms with Gasteiger partial charge in [0, 0.05) is 4.88 Å². The number of nitrogens with zero attached hydrogens (tertiary/aromatic N) is 3. The molecule has 1 amide bonds. The van der Waals surface area contributed by atoms with Crippen LogP contribution in [0.4, 0.5) is 5.00 Å². The summed E-state index contributed by atoms with van der Waals surface area (Å²) in [5.74, 6) is 0.196. The molecule has 0 bridgehead atoms. The number of aromatic nitrogens is 2. The van der Waals surface area contributed by atoms with Crippen LogP contribution in [0.1, 0.15) is 33.5 Å². The molecule has 0 saturated heterocycles. The molecule has 0 fully saturated rings. The predicted molar refractivity (Wildman–Crippen MR) is 116 cm³/mol. The number of nitrogens with one attached hydrogen (secondary N) is 1. The normalized spacial score (nSPS) is 11.2. The summed E-state index contributed by atoms with van der Waals surface area (Å²) in [6.07, 6.45) is 0. The molecule has 0 aliphatic carbocycles. The smallest absolute Gasteiger partial charge is 0.341 e. The maximum Gasteiger partial charge on any atom is 0.341 e. The number of rotatable bonds is 7. The van der Waals surface area contributed by atoms with E-state index in [2.05, 4.69) is 10.3 Å². The van der Waals surface area contributed by atoms with E-state index in [9.17, 15) is 9.59 Å². The Hall–Kier alpha value is -2.71. The van der Waals surface area contributed by atoms with Crippen LogP contribution in [0.3, 0.4) is 0 Å². The summed E-state index contributed by atoms with van der Waals surface area (Å²) in [4.78, 5) is 32.9. The highest BCUT2D eigenvalue weighted by atomic mass is 32.1. The van der Waals surface area contributed by atoms with Crippen molar-refractivity contribution < 1.29 is 14.3 Å². The first-order chi connectivity index (χ1) is 13.8. The second-order valence-electron chi connectivity index (χ2n) is 7.10. The minimum absolute atomic E-state index is 0.113. The van der Waals surface area contributed by atoms with Gasteiger partial charge in [-0.3, -0.25) is 4.79 Å². The molecule has 2 heterocycles. The molecule has 1 N–H and O–H groups in total. The number of ether oxygens (including phenoxy) is 1. The number of fused-ring (bicyclic) bond motifs is 1. The van der Waals surface area contributed by atoms with Gasteiger partial charge in [-0.25, -0.2) is 9.78 Å². The lowest BCUT2D eigenvalue weighted by Crippen LogP contribution is -2.23. The fourth-order valence-corrected chi connectivity index (χ4v) is 4.24. The van der Waals surface area contributed by atoms with Crippen LogP contribution in [0.15, 0.2) is 24.3 Å². The van der Waals surface area contributed by atoms with Crippen LogP contribution in [-0.2, 0) is 22.6 Å². The monoisotopic (exact) mass is 414 g/mol. The Morgan fingerprint density at radius 2 is 1.97 bits per heavy atom. The van der Waals surface area contributed by atoms with Gasteiger partial charge in [-0.05, 0) is 52.6 Å². The Morgan fingerprint density at radius 3 is 2.66 bits per heavy atom. The van der Waals surface area contributed by atoms with Gasteiger partial charge in [-0.1, -0.05) is 12.1 Å². The minimum atomic E-state index is -0.411. The zero-order chi connectivity index (χ0) is 21.1. The Morgan fingerprint density at radius 1 is 1.24 bits per heavy atom. The number of anilines is 1. The van der Waals surface area contributed by atoms with E-state index in [-0.39, 0.29) is 19.1 Å². The van der Waals surface area contributed by atoms with Crippen molar-refractivity contribution >= 4 is 39.2 Å². The fourth-order valence-electron chi connectivity index (χ4n) is 3.18. The Kier molecular flexibility index (Phi) is 6.34. The van der Waals surface area contributed by atoms with Crippen LogP contribution in [0.25, 0.3) is 11.0 Å². The quantitative estimate of drug-likeness (QED) is 0.598. The molecule has 2 aromatic heterocycles. The number of aryl methyl sites for hydroxylation is 1. The van der Waals surface area contributed by atoms with Crippen molar-refractivity contribution in [1.29, 1.82) is 0 Å². The van der Waals surface area contributed by atoms with E-state index in [0.29, 0.717) is 17.1 Å². The molecule has 0 aliphatic rings. The first-order valence-electron chi connectivity index (χ1n) is 9.47. The lowest BCUT2D eigenvalue weighted by Gasteiger charge is -2.13. The van der Waals surface area contributed by atoms with Gasteiger partial charge >= 0.3 is 5.97 Å². The van der Waals surface area contributed by atoms with Gasteiger partial charge in [-0.15, -0.1) is 11.3 Å². The summed E-state index contributed by atoms with van der Waals surface area (Å²) in [5, 5.41) is 3.44. The number of hydrogen-bond acceptors (Lipinski definition) is 6. The van der Waals surface area contributed by atoms with Crippen LogP contribution >= 0.6 is 11.3 Å². The number of benzene rings is 1. The molecular weight excluding hydrogens is 388 g/mol. The molecule has 0 atom stereocenters. The Labute approximate surface area is 174 Å². The molecular formula is C21H26N4O3S. The molecule has 0 saturated carbocycles. The Bertz CT molecular complexity index is 1050. The third kappa shape index (κ3) is 4.49. The highest BCUT2D eigenvalue weighted by molar-refractivity contribution is 7.16. The molecule has 0 spiro atoms. The highest BCUT2D eigenvalue weighted by Crippen LogP contribution is 2.33. The van der Waals surface area contributed by atoms with Crippen LogP contribution < -0.4 is 5.32 Å². The molecule has 1 aromatic carbocycles. The van der Waals surface area contributed by atoms with Crippen LogP contribution in [0, 0.1) is 13.8 Å². The zero-order valence-electron chi connectivity index (χ0n) is 17.4. The van der Waals surface area contributed by atoms with Crippen molar-refractivity contribution in [3.05, 3.63) is 46.1 Å². The van der Waals surface area contributed by atoms with Gasteiger partial charge in [-0.2, -0.15) is 0 Å². The zero-order valence-corrected chi connectivity index (χ0v) is 18.2. The third-order valence-corrected chi connectivity index (χ3v) is 5.73. The average Bonchev–Trinajstić information content (AvgIpc) is 3.12. The number of para-hydroxylation sites is 2. The van der Waals surface area contributed by atoms with Crippen molar-refractivity contribution in [2.75, 3.05) is 26.0 Å². The van der Waals surface area contributed by atoms with Gasteiger partial charge in [0.25, 0.3) is 0 Å². The highest BCUT2D eigenvalue weighted by Gasteiger charge is 2.23. The summed E-state index contributed by atoms with van der Waals surface area (Å²) < 4.78 is 7.09. The summed E-state index contributed by atoms with van der Waals surface area (Å²) in [7, 11) is 3.93. The van der Waals surface area contributed by atoms with E-state index in [0.717, 1.165) is 27.3 Å². The average molecular weight is 415 g/mol. The lowest BCUT2D eigenvalue weighted by molar-refractivity contribution is -0.116. The number of carbonyl (C=O) groups is 2. The van der Waals surface area contributed by atoms with Crippen molar-refractivity contribution in [2.24, 2.45) is 0 Å². The summed E-state index contributed by atoms with van der Waals surface area (Å²) in [6.45, 7) is 6.58. The van der Waals surface area contributed by atoms with Crippen molar-refractivity contribution in [3.63, 3.8) is 0 Å². The first-order valence-corrected chi connectivity index (χ1v) is 10.3. The van der Waals surface area contributed by atoms with E-state index in [1.807, 2.05) is 61.7 Å². The molecule has 3 rings (SSSR count). The first kappa shape index (κ1) is 21.0. The van der Waals surface area contributed by atoms with Crippen LogP contribution in [-0.4, -0.2) is 47.0 Å². The van der Waals surface area contributed by atoms with E-state index in [1.54, 1.807) is 6.92 Å². The second kappa shape index (κ2) is 8.75. The SMILES string of the molecule is CCOC(=O)c1c(NC(=O)Cn2c(CN(C)C)nc3ccccc32)sc(C)c1C. The molecule has 0 unspecified atom stereocenters. The lowest BCUT2D eigenvalue weighted by atomic mass is 10.1. The van der Waals surface area contributed by atoms with Crippen LogP contribution in [0.2, 0.25) is 0 Å². The number of hydrogen-bond donors (Lipinski definition) is 1. The van der Waals surface area contributed by atoms with Crippen molar-refractivity contribution in [3.8, 4) is 0 Å². The third-order valence-electron chi connectivity index (χ3n) is 4.61.